The number of nitrogens with zero attached hydrogens (tertiary/aromatic N) is 1. The van der Waals surface area contributed by atoms with Crippen LogP contribution in [0.5, 0.6) is 5.75 Å². The number of hydrogen-bond donors (Lipinski definition) is 1. The van der Waals surface area contributed by atoms with Crippen LogP contribution in [0.3, 0.4) is 0 Å². The van der Waals surface area contributed by atoms with Crippen LogP contribution < -0.4 is 10.1 Å². The predicted octanol–water partition coefficient (Wildman–Crippen LogP) is 4.02. The minimum atomic E-state index is 0.730. The molecule has 1 aromatic heterocycles. The van der Waals surface area contributed by atoms with E-state index in [1.54, 1.807) is 0 Å². The van der Waals surface area contributed by atoms with Crippen LogP contribution in [-0.4, -0.2) is 18.1 Å². The highest BCUT2D eigenvalue weighted by Crippen LogP contribution is 2.30. The molecule has 0 fully saturated rings. The molecule has 0 atom stereocenters. The summed E-state index contributed by atoms with van der Waals surface area (Å²) in [6.45, 7) is 7.98. The van der Waals surface area contributed by atoms with Crippen molar-refractivity contribution in [1.29, 1.82) is 0 Å². The lowest BCUT2D eigenvalue weighted by molar-refractivity contribution is 0.320. The summed E-state index contributed by atoms with van der Waals surface area (Å²) in [5, 5.41) is 4.55. The first kappa shape index (κ1) is 13.7. The molecular weight excluding hydrogens is 236 g/mol. The fraction of sp³-hybridized carbons (Fsp3) is 0.438. The molecular formula is C16H22N2O. The number of fused-ring (bicyclic) bond motifs is 1. The number of pyridine rings is 1. The summed E-state index contributed by atoms with van der Waals surface area (Å²) in [6.07, 6.45) is 1.93. The Kier molecular flexibility index (Phi) is 4.61. The third-order valence-corrected chi connectivity index (χ3v) is 3.05. The average molecular weight is 258 g/mol. The first-order valence-corrected chi connectivity index (χ1v) is 7.09. The third kappa shape index (κ3) is 2.98. The number of aryl methyl sites for hydroxylation is 1. The van der Waals surface area contributed by atoms with E-state index in [4.69, 9.17) is 9.72 Å². The van der Waals surface area contributed by atoms with Crippen LogP contribution in [0.25, 0.3) is 10.9 Å². The third-order valence-electron chi connectivity index (χ3n) is 3.05. The summed E-state index contributed by atoms with van der Waals surface area (Å²) in [6, 6.07) is 8.26. The second-order valence-corrected chi connectivity index (χ2v) is 4.55. The van der Waals surface area contributed by atoms with E-state index in [0.717, 1.165) is 54.0 Å². The predicted molar refractivity (Wildman–Crippen MR) is 81.1 cm³/mol. The van der Waals surface area contributed by atoms with Crippen molar-refractivity contribution < 1.29 is 4.74 Å². The van der Waals surface area contributed by atoms with Gasteiger partial charge in [0.2, 0.25) is 0 Å². The zero-order valence-corrected chi connectivity index (χ0v) is 12.0. The molecule has 0 radical (unpaired) electrons. The second kappa shape index (κ2) is 6.41. The fourth-order valence-corrected chi connectivity index (χ4v) is 2.12. The molecule has 0 saturated carbocycles. The lowest BCUT2D eigenvalue weighted by atomic mass is 10.1. The maximum absolute atomic E-state index is 5.81. The van der Waals surface area contributed by atoms with Crippen molar-refractivity contribution in [3.8, 4) is 5.75 Å². The van der Waals surface area contributed by atoms with E-state index < -0.39 is 0 Å². The molecule has 19 heavy (non-hydrogen) atoms. The van der Waals surface area contributed by atoms with Crippen LogP contribution >= 0.6 is 0 Å². The van der Waals surface area contributed by atoms with Gasteiger partial charge in [-0.05, 0) is 31.9 Å². The summed E-state index contributed by atoms with van der Waals surface area (Å²) in [5.41, 5.74) is 3.20. The van der Waals surface area contributed by atoms with E-state index in [1.807, 2.05) is 12.1 Å². The fourth-order valence-electron chi connectivity index (χ4n) is 2.12. The molecule has 0 spiro atoms. The molecule has 0 saturated heterocycles. The molecule has 2 rings (SSSR count). The van der Waals surface area contributed by atoms with E-state index in [-0.39, 0.29) is 0 Å². The number of anilines is 1. The summed E-state index contributed by atoms with van der Waals surface area (Å²) in [7, 11) is 0. The number of aromatic nitrogens is 1. The zero-order chi connectivity index (χ0) is 13.7. The summed E-state index contributed by atoms with van der Waals surface area (Å²) in [5.74, 6) is 0.883. The monoisotopic (exact) mass is 258 g/mol. The normalized spacial score (nSPS) is 10.7. The van der Waals surface area contributed by atoms with Crippen LogP contribution in [0.15, 0.2) is 24.3 Å². The highest BCUT2D eigenvalue weighted by Gasteiger charge is 2.09. The van der Waals surface area contributed by atoms with Gasteiger partial charge in [0.15, 0.2) is 0 Å². The van der Waals surface area contributed by atoms with Gasteiger partial charge in [-0.2, -0.15) is 0 Å². The smallest absolute Gasteiger partial charge is 0.145 e. The molecule has 1 heterocycles. The minimum absolute atomic E-state index is 0.730. The lowest BCUT2D eigenvalue weighted by Crippen LogP contribution is -2.02. The van der Waals surface area contributed by atoms with Gasteiger partial charge in [0, 0.05) is 23.3 Å². The molecule has 102 valence electrons. The van der Waals surface area contributed by atoms with Crippen molar-refractivity contribution in [2.24, 2.45) is 0 Å². The van der Waals surface area contributed by atoms with Gasteiger partial charge in [-0.3, -0.25) is 0 Å². The number of para-hydroxylation sites is 1. The maximum atomic E-state index is 5.81. The number of ether oxygens (including phenoxy) is 1. The van der Waals surface area contributed by atoms with Gasteiger partial charge in [-0.25, -0.2) is 4.98 Å². The van der Waals surface area contributed by atoms with E-state index in [2.05, 4.69) is 38.2 Å². The number of hydrogen-bond acceptors (Lipinski definition) is 3. The van der Waals surface area contributed by atoms with E-state index in [1.165, 1.54) is 0 Å². The summed E-state index contributed by atoms with van der Waals surface area (Å²) >= 11 is 0. The second-order valence-electron chi connectivity index (χ2n) is 4.55. The van der Waals surface area contributed by atoms with Gasteiger partial charge in [-0.15, -0.1) is 0 Å². The molecule has 1 N–H and O–H groups in total. The Bertz CT molecular complexity index is 552. The topological polar surface area (TPSA) is 34.1 Å². The molecule has 2 aromatic rings. The van der Waals surface area contributed by atoms with Crippen LogP contribution in [-0.2, 0) is 6.42 Å². The Balaban J connectivity index is 2.55. The molecule has 0 aliphatic heterocycles. The van der Waals surface area contributed by atoms with E-state index in [0.29, 0.717) is 0 Å². The first-order valence-electron chi connectivity index (χ1n) is 7.09. The van der Waals surface area contributed by atoms with Gasteiger partial charge in [-0.1, -0.05) is 26.0 Å². The van der Waals surface area contributed by atoms with Gasteiger partial charge in [0.25, 0.3) is 0 Å². The largest absolute Gasteiger partial charge is 0.491 e. The standard InChI is InChI=1S/C16H22N2O/c1-4-10-19-15-9-7-8-13-14(17-6-3)11-12(5-2)18-16(13)15/h7-9,11H,4-6,10H2,1-3H3,(H,17,18). The van der Waals surface area contributed by atoms with Crippen molar-refractivity contribution in [2.45, 2.75) is 33.6 Å². The molecule has 0 aliphatic rings. The van der Waals surface area contributed by atoms with Gasteiger partial charge in [0.05, 0.1) is 6.61 Å². The SMILES string of the molecule is CCCOc1cccc2c(NCC)cc(CC)nc12. The maximum Gasteiger partial charge on any atom is 0.145 e. The van der Waals surface area contributed by atoms with Crippen molar-refractivity contribution in [3.05, 3.63) is 30.0 Å². The minimum Gasteiger partial charge on any atom is -0.491 e. The average Bonchev–Trinajstić information content (AvgIpc) is 2.45. The van der Waals surface area contributed by atoms with Crippen LogP contribution in [0.4, 0.5) is 5.69 Å². The van der Waals surface area contributed by atoms with Gasteiger partial charge in [0.1, 0.15) is 11.3 Å². The van der Waals surface area contributed by atoms with E-state index in [9.17, 15) is 0 Å². The number of benzene rings is 1. The highest BCUT2D eigenvalue weighted by atomic mass is 16.5. The van der Waals surface area contributed by atoms with Crippen molar-refractivity contribution in [2.75, 3.05) is 18.5 Å². The Morgan fingerprint density at radius 2 is 2.05 bits per heavy atom. The Labute approximate surface area is 115 Å². The quantitative estimate of drug-likeness (QED) is 0.849. The van der Waals surface area contributed by atoms with Gasteiger partial charge < -0.3 is 10.1 Å². The van der Waals surface area contributed by atoms with E-state index >= 15 is 0 Å². The van der Waals surface area contributed by atoms with Crippen LogP contribution in [0.1, 0.15) is 32.9 Å². The molecule has 0 bridgehead atoms. The van der Waals surface area contributed by atoms with Crippen molar-refractivity contribution >= 4 is 16.6 Å². The van der Waals surface area contributed by atoms with Gasteiger partial charge >= 0.3 is 0 Å². The Morgan fingerprint density at radius 1 is 1.21 bits per heavy atom. The zero-order valence-electron chi connectivity index (χ0n) is 12.0. The lowest BCUT2D eigenvalue weighted by Gasteiger charge is -2.13. The van der Waals surface area contributed by atoms with Crippen molar-refractivity contribution in [3.63, 3.8) is 0 Å². The number of nitrogens with one attached hydrogen (secondary N) is 1. The highest BCUT2D eigenvalue weighted by molar-refractivity contribution is 5.95. The Morgan fingerprint density at radius 3 is 2.74 bits per heavy atom. The Hall–Kier alpha value is -1.77. The molecule has 3 heteroatoms. The van der Waals surface area contributed by atoms with Crippen LogP contribution in [0.2, 0.25) is 0 Å². The molecule has 0 aliphatic carbocycles. The summed E-state index contributed by atoms with van der Waals surface area (Å²) < 4.78 is 5.81. The summed E-state index contributed by atoms with van der Waals surface area (Å²) in [4.78, 5) is 4.72. The molecule has 3 nitrogen and oxygen atoms in total. The molecule has 0 amide bonds. The molecule has 1 aromatic carbocycles. The van der Waals surface area contributed by atoms with Crippen molar-refractivity contribution in [1.82, 2.24) is 4.98 Å². The first-order chi connectivity index (χ1) is 9.30. The number of rotatable bonds is 6. The molecule has 0 unspecified atom stereocenters. The van der Waals surface area contributed by atoms with Crippen LogP contribution in [0, 0.1) is 0 Å².